The molecule has 0 saturated heterocycles. The Balaban J connectivity index is 2.97. The first kappa shape index (κ1) is 9.71. The molecular weight excluding hydrogens is 220 g/mol. The van der Waals surface area contributed by atoms with Crippen LogP contribution < -0.4 is 5.32 Å². The van der Waals surface area contributed by atoms with Gasteiger partial charge in [-0.15, -0.1) is 0 Å². The Kier molecular flexibility index (Phi) is 3.26. The lowest BCUT2D eigenvalue weighted by Gasteiger charge is -2.04. The Morgan fingerprint density at radius 3 is 2.75 bits per heavy atom. The maximum absolute atomic E-state index is 12.6. The highest BCUT2D eigenvalue weighted by molar-refractivity contribution is 7.83. The summed E-state index contributed by atoms with van der Waals surface area (Å²) < 4.78 is 12.6. The van der Waals surface area contributed by atoms with E-state index < -0.39 is 5.82 Å². The lowest BCUT2D eigenvalue weighted by Crippen LogP contribution is -2.01. The molecule has 0 amide bonds. The first-order chi connectivity index (χ1) is 5.59. The number of anilines is 1. The second-order valence-electron chi connectivity index (χ2n) is 2.02. The van der Waals surface area contributed by atoms with Crippen molar-refractivity contribution in [2.75, 3.05) is 5.32 Å². The number of nitrogens with one attached hydrogen (secondary N) is 1. The summed E-state index contributed by atoms with van der Waals surface area (Å²) in [5.41, 5.74) is 0.372. The maximum Gasteiger partial charge on any atom is 0.171 e. The van der Waals surface area contributed by atoms with Crippen molar-refractivity contribution >= 4 is 45.6 Å². The van der Waals surface area contributed by atoms with E-state index in [1.165, 1.54) is 18.2 Å². The molecule has 1 rings (SSSR count). The fourth-order valence-electron chi connectivity index (χ4n) is 0.699. The Hall–Kier alpha value is -0.380. The topological polar surface area (TPSA) is 12.0 Å². The number of hydrogen-bond donors (Lipinski definition) is 1. The predicted molar refractivity (Wildman–Crippen MR) is 53.5 cm³/mol. The normalized spacial score (nSPS) is 9.58. The van der Waals surface area contributed by atoms with Crippen LogP contribution in [0.1, 0.15) is 0 Å². The van der Waals surface area contributed by atoms with Gasteiger partial charge in [0.2, 0.25) is 0 Å². The SMILES string of the molecule is Fc1ccc(Cl)c(NC(=S)Cl)c1. The van der Waals surface area contributed by atoms with Gasteiger partial charge in [-0.2, -0.15) is 0 Å². The van der Waals surface area contributed by atoms with Gasteiger partial charge < -0.3 is 5.32 Å². The Labute approximate surface area is 84.5 Å². The van der Waals surface area contributed by atoms with E-state index in [1.54, 1.807) is 0 Å². The first-order valence-electron chi connectivity index (χ1n) is 3.01. The van der Waals surface area contributed by atoms with Crippen LogP contribution in [0.2, 0.25) is 5.02 Å². The molecule has 0 atom stereocenters. The molecule has 0 aliphatic carbocycles. The average Bonchev–Trinajstić information content (AvgIpc) is 1.96. The van der Waals surface area contributed by atoms with Crippen LogP contribution in [0.3, 0.4) is 0 Å². The van der Waals surface area contributed by atoms with Crippen molar-refractivity contribution in [3.8, 4) is 0 Å². The Morgan fingerprint density at radius 2 is 2.17 bits per heavy atom. The van der Waals surface area contributed by atoms with Gasteiger partial charge in [0.25, 0.3) is 0 Å². The summed E-state index contributed by atoms with van der Waals surface area (Å²) in [6.45, 7) is 0. The van der Waals surface area contributed by atoms with E-state index in [2.05, 4.69) is 17.5 Å². The van der Waals surface area contributed by atoms with Crippen molar-refractivity contribution in [3.63, 3.8) is 0 Å². The largest absolute Gasteiger partial charge is 0.336 e. The average molecular weight is 224 g/mol. The number of rotatable bonds is 1. The molecule has 0 spiro atoms. The van der Waals surface area contributed by atoms with Gasteiger partial charge in [0.05, 0.1) is 10.7 Å². The van der Waals surface area contributed by atoms with Crippen LogP contribution in [0, 0.1) is 5.82 Å². The molecule has 1 N–H and O–H groups in total. The first-order valence-corrected chi connectivity index (χ1v) is 4.17. The molecule has 1 nitrogen and oxygen atoms in total. The van der Waals surface area contributed by atoms with Crippen LogP contribution in [0.4, 0.5) is 10.1 Å². The molecule has 1 aromatic carbocycles. The van der Waals surface area contributed by atoms with Crippen LogP contribution >= 0.6 is 35.4 Å². The zero-order chi connectivity index (χ0) is 9.14. The summed E-state index contributed by atoms with van der Waals surface area (Å²) in [7, 11) is 0. The standard InChI is InChI=1S/C7H4Cl2FNS/c8-5-2-1-4(10)3-6(5)11-7(9)12/h1-3H,(H,11,12). The highest BCUT2D eigenvalue weighted by atomic mass is 35.5. The summed E-state index contributed by atoms with van der Waals surface area (Å²) in [4.78, 5) is 0. The van der Waals surface area contributed by atoms with Crippen molar-refractivity contribution < 1.29 is 4.39 Å². The van der Waals surface area contributed by atoms with E-state index in [4.69, 9.17) is 23.2 Å². The molecule has 0 bridgehead atoms. The molecule has 0 unspecified atom stereocenters. The second kappa shape index (κ2) is 4.03. The molecular formula is C7H4Cl2FNS. The third kappa shape index (κ3) is 2.59. The maximum atomic E-state index is 12.6. The number of hydrogen-bond acceptors (Lipinski definition) is 1. The Bertz CT molecular complexity index is 316. The van der Waals surface area contributed by atoms with Gasteiger partial charge in [0, 0.05) is 0 Å². The summed E-state index contributed by atoms with van der Waals surface area (Å²) >= 11 is 15.6. The van der Waals surface area contributed by atoms with Crippen molar-refractivity contribution in [1.29, 1.82) is 0 Å². The van der Waals surface area contributed by atoms with Crippen molar-refractivity contribution in [1.82, 2.24) is 0 Å². The van der Waals surface area contributed by atoms with Crippen LogP contribution in [0.25, 0.3) is 0 Å². The molecule has 0 fully saturated rings. The van der Waals surface area contributed by atoms with E-state index >= 15 is 0 Å². The highest BCUT2D eigenvalue weighted by Gasteiger charge is 2.01. The molecule has 0 saturated carbocycles. The highest BCUT2D eigenvalue weighted by Crippen LogP contribution is 2.22. The number of benzene rings is 1. The predicted octanol–water partition coefficient (Wildman–Crippen LogP) is 3.41. The lowest BCUT2D eigenvalue weighted by molar-refractivity contribution is 0.628. The summed E-state index contributed by atoms with van der Waals surface area (Å²) in [6.07, 6.45) is 0. The molecule has 1 aromatic rings. The van der Waals surface area contributed by atoms with Gasteiger partial charge >= 0.3 is 0 Å². The minimum absolute atomic E-state index is 0.0301. The quantitative estimate of drug-likeness (QED) is 0.445. The van der Waals surface area contributed by atoms with Gasteiger partial charge in [0.15, 0.2) is 4.45 Å². The number of thiocarbonyl (C=S) groups is 1. The second-order valence-corrected chi connectivity index (χ2v) is 3.44. The molecule has 0 heterocycles. The molecule has 0 radical (unpaired) electrons. The van der Waals surface area contributed by atoms with Crippen LogP contribution in [-0.4, -0.2) is 4.45 Å². The fourth-order valence-corrected chi connectivity index (χ4v) is 1.08. The van der Waals surface area contributed by atoms with Crippen LogP contribution in [-0.2, 0) is 0 Å². The van der Waals surface area contributed by atoms with Crippen LogP contribution in [0.5, 0.6) is 0 Å². The molecule has 12 heavy (non-hydrogen) atoms. The fraction of sp³-hybridized carbons (Fsp3) is 0. The molecule has 0 aromatic heterocycles. The van der Waals surface area contributed by atoms with Gasteiger partial charge in [0.1, 0.15) is 5.82 Å². The third-order valence-corrected chi connectivity index (χ3v) is 1.69. The minimum atomic E-state index is -0.394. The monoisotopic (exact) mass is 223 g/mol. The van der Waals surface area contributed by atoms with E-state index in [0.29, 0.717) is 10.7 Å². The lowest BCUT2D eigenvalue weighted by atomic mass is 10.3. The summed E-state index contributed by atoms with van der Waals surface area (Å²) in [5.74, 6) is -0.394. The van der Waals surface area contributed by atoms with E-state index in [-0.39, 0.29) is 4.45 Å². The van der Waals surface area contributed by atoms with Crippen molar-refractivity contribution in [2.24, 2.45) is 0 Å². The van der Waals surface area contributed by atoms with Crippen molar-refractivity contribution in [2.45, 2.75) is 0 Å². The minimum Gasteiger partial charge on any atom is -0.336 e. The smallest absolute Gasteiger partial charge is 0.171 e. The zero-order valence-electron chi connectivity index (χ0n) is 5.77. The van der Waals surface area contributed by atoms with E-state index in [0.717, 1.165) is 0 Å². The summed E-state index contributed by atoms with van der Waals surface area (Å²) in [5, 5.41) is 2.91. The Morgan fingerprint density at radius 1 is 1.50 bits per heavy atom. The zero-order valence-corrected chi connectivity index (χ0v) is 8.10. The molecule has 0 aliphatic heterocycles. The van der Waals surface area contributed by atoms with Crippen molar-refractivity contribution in [3.05, 3.63) is 29.0 Å². The van der Waals surface area contributed by atoms with Crippen LogP contribution in [0.15, 0.2) is 18.2 Å². The summed E-state index contributed by atoms with van der Waals surface area (Å²) in [6, 6.07) is 3.90. The molecule has 64 valence electrons. The molecule has 0 aliphatic rings. The van der Waals surface area contributed by atoms with Gasteiger partial charge in [-0.05, 0) is 30.4 Å². The van der Waals surface area contributed by atoms with Gasteiger partial charge in [-0.1, -0.05) is 23.2 Å². The third-order valence-electron chi connectivity index (χ3n) is 1.16. The van der Waals surface area contributed by atoms with E-state index in [9.17, 15) is 4.39 Å². The van der Waals surface area contributed by atoms with Gasteiger partial charge in [-0.25, -0.2) is 4.39 Å². The van der Waals surface area contributed by atoms with E-state index in [1.807, 2.05) is 0 Å². The number of halogens is 3. The van der Waals surface area contributed by atoms with Gasteiger partial charge in [-0.3, -0.25) is 0 Å². The molecule has 5 heteroatoms.